The molecule has 3 aromatic rings. The van der Waals surface area contributed by atoms with E-state index in [2.05, 4.69) is 16.5 Å². The molecule has 0 spiro atoms. The second-order valence-electron chi connectivity index (χ2n) is 7.02. The van der Waals surface area contributed by atoms with E-state index in [0.717, 1.165) is 16.9 Å². The van der Waals surface area contributed by atoms with E-state index in [4.69, 9.17) is 5.26 Å². The van der Waals surface area contributed by atoms with Gasteiger partial charge in [0, 0.05) is 37.8 Å². The van der Waals surface area contributed by atoms with E-state index in [9.17, 15) is 9.59 Å². The molecule has 0 fully saturated rings. The third-order valence-electron chi connectivity index (χ3n) is 4.77. The van der Waals surface area contributed by atoms with Crippen LogP contribution in [-0.4, -0.2) is 34.7 Å². The quantitative estimate of drug-likeness (QED) is 0.550. The Morgan fingerprint density at radius 3 is 2.45 bits per heavy atom. The summed E-state index contributed by atoms with van der Waals surface area (Å²) in [6.07, 6.45) is 4.83. The van der Waals surface area contributed by atoms with Gasteiger partial charge in [0.25, 0.3) is 0 Å². The first-order valence-electron chi connectivity index (χ1n) is 10.3. The minimum atomic E-state index is -0.169. The Kier molecular flexibility index (Phi) is 7.95. The zero-order valence-corrected chi connectivity index (χ0v) is 17.3. The van der Waals surface area contributed by atoms with Crippen LogP contribution < -0.4 is 10.2 Å². The van der Waals surface area contributed by atoms with Crippen molar-refractivity contribution in [3.63, 3.8) is 0 Å². The molecule has 0 aliphatic rings. The SMILES string of the molecule is N#CCCN(C(=O)CCC(=O)NCCc1cnn(-c2ccccc2)c1)c1ccccc1. The summed E-state index contributed by atoms with van der Waals surface area (Å²) in [4.78, 5) is 26.4. The van der Waals surface area contributed by atoms with E-state index in [1.165, 1.54) is 0 Å². The lowest BCUT2D eigenvalue weighted by Crippen LogP contribution is -2.33. The number of nitrogens with one attached hydrogen (secondary N) is 1. The lowest BCUT2D eigenvalue weighted by molar-refractivity contribution is -0.125. The van der Waals surface area contributed by atoms with Crippen LogP contribution in [0.2, 0.25) is 0 Å². The summed E-state index contributed by atoms with van der Waals surface area (Å²) >= 11 is 0. The van der Waals surface area contributed by atoms with Crippen molar-refractivity contribution in [3.05, 3.63) is 78.6 Å². The summed E-state index contributed by atoms with van der Waals surface area (Å²) in [6, 6.07) is 21.1. The lowest BCUT2D eigenvalue weighted by Gasteiger charge is -2.21. The van der Waals surface area contributed by atoms with Crippen molar-refractivity contribution >= 4 is 17.5 Å². The topological polar surface area (TPSA) is 91.0 Å². The molecule has 0 saturated heterocycles. The van der Waals surface area contributed by atoms with Crippen LogP contribution in [0.5, 0.6) is 0 Å². The van der Waals surface area contributed by atoms with Gasteiger partial charge in [-0.1, -0.05) is 36.4 Å². The highest BCUT2D eigenvalue weighted by Crippen LogP contribution is 2.15. The van der Waals surface area contributed by atoms with Crippen LogP contribution in [0, 0.1) is 11.3 Å². The van der Waals surface area contributed by atoms with Crippen molar-refractivity contribution < 1.29 is 9.59 Å². The van der Waals surface area contributed by atoms with Crippen LogP contribution in [0.15, 0.2) is 73.1 Å². The molecular weight excluding hydrogens is 390 g/mol. The molecule has 1 aromatic heterocycles. The van der Waals surface area contributed by atoms with Gasteiger partial charge < -0.3 is 10.2 Å². The molecule has 0 atom stereocenters. The molecular formula is C24H25N5O2. The number of hydrogen-bond acceptors (Lipinski definition) is 4. The number of para-hydroxylation sites is 2. The number of anilines is 1. The second-order valence-corrected chi connectivity index (χ2v) is 7.02. The van der Waals surface area contributed by atoms with Gasteiger partial charge in [-0.25, -0.2) is 4.68 Å². The normalized spacial score (nSPS) is 10.3. The molecule has 0 bridgehead atoms. The van der Waals surface area contributed by atoms with Crippen molar-refractivity contribution in [1.29, 1.82) is 5.26 Å². The van der Waals surface area contributed by atoms with E-state index < -0.39 is 0 Å². The van der Waals surface area contributed by atoms with Crippen molar-refractivity contribution in [1.82, 2.24) is 15.1 Å². The number of benzene rings is 2. The predicted octanol–water partition coefficient (Wildman–Crippen LogP) is 3.26. The van der Waals surface area contributed by atoms with Gasteiger partial charge in [-0.2, -0.15) is 10.4 Å². The fraction of sp³-hybridized carbons (Fsp3) is 0.250. The highest BCUT2D eigenvalue weighted by Gasteiger charge is 2.16. The van der Waals surface area contributed by atoms with Gasteiger partial charge in [-0.15, -0.1) is 0 Å². The summed E-state index contributed by atoms with van der Waals surface area (Å²) in [7, 11) is 0. The standard InChI is InChI=1S/C24H25N5O2/c25-15-7-17-28(21-8-3-1-4-9-21)24(31)13-12-23(30)26-16-14-20-18-27-29(19-20)22-10-5-2-6-11-22/h1-6,8-11,18-19H,7,12-14,16-17H2,(H,26,30). The molecule has 2 aromatic carbocycles. The Morgan fingerprint density at radius 2 is 1.74 bits per heavy atom. The van der Waals surface area contributed by atoms with Crippen molar-refractivity contribution in [2.45, 2.75) is 25.7 Å². The summed E-state index contributed by atoms with van der Waals surface area (Å²) in [5.41, 5.74) is 2.74. The first-order chi connectivity index (χ1) is 15.2. The van der Waals surface area contributed by atoms with Gasteiger partial charge in [0.1, 0.15) is 0 Å². The lowest BCUT2D eigenvalue weighted by atomic mass is 10.2. The number of nitriles is 1. The van der Waals surface area contributed by atoms with Gasteiger partial charge in [0.15, 0.2) is 0 Å². The predicted molar refractivity (Wildman–Crippen MR) is 119 cm³/mol. The molecule has 7 nitrogen and oxygen atoms in total. The number of nitrogens with zero attached hydrogens (tertiary/aromatic N) is 4. The molecule has 1 N–H and O–H groups in total. The Morgan fingerprint density at radius 1 is 1.03 bits per heavy atom. The number of aromatic nitrogens is 2. The minimum absolute atomic E-state index is 0.0953. The van der Waals surface area contributed by atoms with Crippen LogP contribution in [0.4, 0.5) is 5.69 Å². The Balaban J connectivity index is 1.44. The maximum Gasteiger partial charge on any atom is 0.227 e. The summed E-state index contributed by atoms with van der Waals surface area (Å²) in [5.74, 6) is -0.335. The third kappa shape index (κ3) is 6.54. The maximum atomic E-state index is 12.6. The monoisotopic (exact) mass is 415 g/mol. The third-order valence-corrected chi connectivity index (χ3v) is 4.77. The van der Waals surface area contributed by atoms with Crippen LogP contribution in [0.3, 0.4) is 0 Å². The minimum Gasteiger partial charge on any atom is -0.356 e. The molecule has 1 heterocycles. The van der Waals surface area contributed by atoms with Gasteiger partial charge >= 0.3 is 0 Å². The summed E-state index contributed by atoms with van der Waals surface area (Å²) in [5, 5.41) is 16.1. The average Bonchev–Trinajstić information content (AvgIpc) is 3.28. The number of carbonyl (C=O) groups is 2. The van der Waals surface area contributed by atoms with E-state index >= 15 is 0 Å². The summed E-state index contributed by atoms with van der Waals surface area (Å²) < 4.78 is 1.80. The van der Waals surface area contributed by atoms with Gasteiger partial charge in [0.05, 0.1) is 24.4 Å². The molecule has 3 rings (SSSR count). The maximum absolute atomic E-state index is 12.6. The molecule has 7 heteroatoms. The Labute approximate surface area is 181 Å². The fourth-order valence-corrected chi connectivity index (χ4v) is 3.17. The van der Waals surface area contributed by atoms with E-state index in [0.29, 0.717) is 19.5 Å². The van der Waals surface area contributed by atoms with Gasteiger partial charge in [-0.05, 0) is 36.2 Å². The summed E-state index contributed by atoms with van der Waals surface area (Å²) in [6.45, 7) is 0.788. The fourth-order valence-electron chi connectivity index (χ4n) is 3.17. The molecule has 0 saturated carbocycles. The van der Waals surface area contributed by atoms with Gasteiger partial charge in [0.2, 0.25) is 11.8 Å². The zero-order chi connectivity index (χ0) is 21.9. The number of carbonyl (C=O) groups excluding carboxylic acids is 2. The number of rotatable bonds is 10. The largest absolute Gasteiger partial charge is 0.356 e. The highest BCUT2D eigenvalue weighted by molar-refractivity contribution is 5.95. The molecule has 2 amide bonds. The van der Waals surface area contributed by atoms with Crippen LogP contribution >= 0.6 is 0 Å². The molecule has 0 unspecified atom stereocenters. The second kappa shape index (κ2) is 11.3. The van der Waals surface area contributed by atoms with E-state index in [1.54, 1.807) is 15.8 Å². The van der Waals surface area contributed by atoms with Crippen molar-refractivity contribution in [3.8, 4) is 11.8 Å². The van der Waals surface area contributed by atoms with E-state index in [1.807, 2.05) is 66.9 Å². The average molecular weight is 415 g/mol. The molecule has 158 valence electrons. The number of amides is 2. The molecule has 0 radical (unpaired) electrons. The smallest absolute Gasteiger partial charge is 0.227 e. The zero-order valence-electron chi connectivity index (χ0n) is 17.3. The van der Waals surface area contributed by atoms with Crippen LogP contribution in [0.1, 0.15) is 24.8 Å². The number of hydrogen-bond donors (Lipinski definition) is 1. The highest BCUT2D eigenvalue weighted by atomic mass is 16.2. The van der Waals surface area contributed by atoms with E-state index in [-0.39, 0.29) is 31.1 Å². The van der Waals surface area contributed by atoms with Crippen molar-refractivity contribution in [2.24, 2.45) is 0 Å². The first-order valence-corrected chi connectivity index (χ1v) is 10.3. The van der Waals surface area contributed by atoms with Crippen LogP contribution in [0.25, 0.3) is 5.69 Å². The molecule has 31 heavy (non-hydrogen) atoms. The first kappa shape index (κ1) is 21.8. The van der Waals surface area contributed by atoms with Crippen molar-refractivity contribution in [2.75, 3.05) is 18.0 Å². The molecule has 0 aliphatic carbocycles. The van der Waals surface area contributed by atoms with Gasteiger partial charge in [-0.3, -0.25) is 9.59 Å². The van der Waals surface area contributed by atoms with Crippen LogP contribution in [-0.2, 0) is 16.0 Å². The Hall–Kier alpha value is -3.92. The Bertz CT molecular complexity index is 1020. The molecule has 0 aliphatic heterocycles.